The summed E-state index contributed by atoms with van der Waals surface area (Å²) >= 11 is 0. The number of ether oxygens (including phenoxy) is 1. The highest BCUT2D eigenvalue weighted by Crippen LogP contribution is 2.26. The van der Waals surface area contributed by atoms with Crippen LogP contribution in [0, 0.1) is 5.82 Å². The van der Waals surface area contributed by atoms with Gasteiger partial charge in [-0.25, -0.2) is 4.39 Å². The summed E-state index contributed by atoms with van der Waals surface area (Å²) in [5.74, 6) is -0.257. The third-order valence-corrected chi connectivity index (χ3v) is 3.65. The Hall–Kier alpha value is -1.26. The highest BCUT2D eigenvalue weighted by Gasteiger charge is 2.34. The molecule has 0 amide bonds. The van der Waals surface area contributed by atoms with Crippen molar-refractivity contribution in [2.75, 3.05) is 19.6 Å². The van der Waals surface area contributed by atoms with Crippen molar-refractivity contribution in [1.29, 1.82) is 0 Å². The second kappa shape index (κ2) is 4.78. The normalized spacial score (nSPS) is 27.4. The van der Waals surface area contributed by atoms with Crippen molar-refractivity contribution in [1.82, 2.24) is 4.90 Å². The Labute approximate surface area is 106 Å². The molecule has 2 aliphatic heterocycles. The topological polar surface area (TPSA) is 29.5 Å². The number of likely N-dealkylation sites (tertiary alicyclic amines) is 1. The SMILES string of the molecule is O=C(CN1CC2CCC(C1)O2)c1ccc(F)cc1. The molecule has 0 spiro atoms. The summed E-state index contributed by atoms with van der Waals surface area (Å²) in [4.78, 5) is 14.2. The second-order valence-electron chi connectivity index (χ2n) is 5.08. The van der Waals surface area contributed by atoms with Gasteiger partial charge in [0.05, 0.1) is 18.8 Å². The van der Waals surface area contributed by atoms with Crippen LogP contribution < -0.4 is 0 Å². The number of Topliss-reactive ketones (excluding diaryl/α,β-unsaturated/α-hetero) is 1. The molecular formula is C14H16FNO2. The highest BCUT2D eigenvalue weighted by atomic mass is 19.1. The number of nitrogens with zero attached hydrogens (tertiary/aromatic N) is 1. The molecule has 0 N–H and O–H groups in total. The molecule has 4 heteroatoms. The van der Waals surface area contributed by atoms with Gasteiger partial charge >= 0.3 is 0 Å². The van der Waals surface area contributed by atoms with Crippen LogP contribution >= 0.6 is 0 Å². The van der Waals surface area contributed by atoms with Gasteiger partial charge < -0.3 is 4.74 Å². The minimum atomic E-state index is -0.309. The zero-order valence-corrected chi connectivity index (χ0v) is 10.1. The van der Waals surface area contributed by atoms with Crippen molar-refractivity contribution in [2.45, 2.75) is 25.0 Å². The third kappa shape index (κ3) is 2.44. The fourth-order valence-corrected chi connectivity index (χ4v) is 2.76. The number of fused-ring (bicyclic) bond motifs is 2. The van der Waals surface area contributed by atoms with E-state index in [1.807, 2.05) is 0 Å². The zero-order valence-electron chi connectivity index (χ0n) is 10.1. The van der Waals surface area contributed by atoms with E-state index in [1.54, 1.807) is 12.1 Å². The number of benzene rings is 1. The van der Waals surface area contributed by atoms with Gasteiger partial charge in [0.2, 0.25) is 0 Å². The lowest BCUT2D eigenvalue weighted by Crippen LogP contribution is -2.44. The van der Waals surface area contributed by atoms with Gasteiger partial charge in [-0.15, -0.1) is 0 Å². The molecule has 1 aromatic carbocycles. The zero-order chi connectivity index (χ0) is 12.5. The minimum Gasteiger partial charge on any atom is -0.372 e. The molecule has 3 nitrogen and oxygen atoms in total. The molecule has 2 saturated heterocycles. The van der Waals surface area contributed by atoms with Crippen LogP contribution in [0.1, 0.15) is 23.2 Å². The maximum atomic E-state index is 12.8. The van der Waals surface area contributed by atoms with E-state index >= 15 is 0 Å². The number of hydrogen-bond acceptors (Lipinski definition) is 3. The van der Waals surface area contributed by atoms with Crippen molar-refractivity contribution in [3.05, 3.63) is 35.6 Å². The highest BCUT2D eigenvalue weighted by molar-refractivity contribution is 5.97. The van der Waals surface area contributed by atoms with Crippen molar-refractivity contribution in [3.63, 3.8) is 0 Å². The van der Waals surface area contributed by atoms with Crippen molar-refractivity contribution < 1.29 is 13.9 Å². The Kier molecular flexibility index (Phi) is 3.14. The first kappa shape index (κ1) is 11.8. The lowest BCUT2D eigenvalue weighted by Gasteiger charge is -2.31. The standard InChI is InChI=1S/C14H16FNO2/c15-11-3-1-10(2-4-11)14(17)9-16-7-12-5-6-13(8-16)18-12/h1-4,12-13H,5-9H2. The summed E-state index contributed by atoms with van der Waals surface area (Å²) in [6.45, 7) is 2.08. The molecule has 0 aromatic heterocycles. The maximum Gasteiger partial charge on any atom is 0.176 e. The molecule has 0 saturated carbocycles. The first-order valence-corrected chi connectivity index (χ1v) is 6.37. The van der Waals surface area contributed by atoms with Gasteiger partial charge in [-0.05, 0) is 37.1 Å². The first-order valence-electron chi connectivity index (χ1n) is 6.37. The predicted octanol–water partition coefficient (Wildman–Crippen LogP) is 1.87. The van der Waals surface area contributed by atoms with Gasteiger partial charge in [0.1, 0.15) is 5.82 Å². The number of ketones is 1. The van der Waals surface area contributed by atoms with Gasteiger partial charge in [0.25, 0.3) is 0 Å². The number of carbonyl (C=O) groups excluding carboxylic acids is 1. The monoisotopic (exact) mass is 249 g/mol. The fourth-order valence-electron chi connectivity index (χ4n) is 2.76. The number of halogens is 1. The Morgan fingerprint density at radius 2 is 1.83 bits per heavy atom. The molecule has 0 aliphatic carbocycles. The predicted molar refractivity (Wildman–Crippen MR) is 65.1 cm³/mol. The third-order valence-electron chi connectivity index (χ3n) is 3.65. The largest absolute Gasteiger partial charge is 0.372 e. The van der Waals surface area contributed by atoms with Gasteiger partial charge in [-0.3, -0.25) is 9.69 Å². The Balaban J connectivity index is 1.62. The Morgan fingerprint density at radius 1 is 1.22 bits per heavy atom. The van der Waals surface area contributed by atoms with E-state index in [1.165, 1.54) is 12.1 Å². The molecule has 2 bridgehead atoms. The number of carbonyl (C=O) groups is 1. The van der Waals surface area contributed by atoms with E-state index in [9.17, 15) is 9.18 Å². The smallest absolute Gasteiger partial charge is 0.176 e. The van der Waals surface area contributed by atoms with Crippen LogP contribution in [-0.2, 0) is 4.74 Å². The molecule has 2 heterocycles. The maximum absolute atomic E-state index is 12.8. The van der Waals surface area contributed by atoms with Crippen LogP contribution in [0.4, 0.5) is 4.39 Å². The molecule has 0 radical (unpaired) electrons. The van der Waals surface area contributed by atoms with E-state index in [0.29, 0.717) is 24.3 Å². The molecule has 2 unspecified atom stereocenters. The van der Waals surface area contributed by atoms with Crippen LogP contribution in [0.5, 0.6) is 0 Å². The Morgan fingerprint density at radius 3 is 2.44 bits per heavy atom. The first-order chi connectivity index (χ1) is 8.70. The average molecular weight is 249 g/mol. The molecule has 2 aliphatic rings. The molecule has 18 heavy (non-hydrogen) atoms. The van der Waals surface area contributed by atoms with E-state index in [2.05, 4.69) is 4.90 Å². The summed E-state index contributed by atoms with van der Waals surface area (Å²) in [5.41, 5.74) is 0.579. The van der Waals surface area contributed by atoms with Crippen LogP contribution in [0.25, 0.3) is 0 Å². The number of rotatable bonds is 3. The van der Waals surface area contributed by atoms with Gasteiger partial charge in [0, 0.05) is 18.7 Å². The Bertz CT molecular complexity index is 434. The average Bonchev–Trinajstić information content (AvgIpc) is 2.69. The molecular weight excluding hydrogens is 233 g/mol. The fraction of sp³-hybridized carbons (Fsp3) is 0.500. The molecule has 96 valence electrons. The van der Waals surface area contributed by atoms with Crippen LogP contribution in [0.15, 0.2) is 24.3 Å². The summed E-state index contributed by atoms with van der Waals surface area (Å²) in [6, 6.07) is 5.76. The van der Waals surface area contributed by atoms with E-state index < -0.39 is 0 Å². The van der Waals surface area contributed by atoms with Crippen molar-refractivity contribution in [3.8, 4) is 0 Å². The van der Waals surface area contributed by atoms with E-state index in [-0.39, 0.29) is 11.6 Å². The summed E-state index contributed by atoms with van der Waals surface area (Å²) in [5, 5.41) is 0. The quantitative estimate of drug-likeness (QED) is 0.766. The second-order valence-corrected chi connectivity index (χ2v) is 5.08. The van der Waals surface area contributed by atoms with Gasteiger partial charge in [-0.1, -0.05) is 0 Å². The summed E-state index contributed by atoms with van der Waals surface area (Å²) in [7, 11) is 0. The lowest BCUT2D eigenvalue weighted by atomic mass is 10.1. The summed E-state index contributed by atoms with van der Waals surface area (Å²) in [6.07, 6.45) is 2.80. The van der Waals surface area contributed by atoms with Gasteiger partial charge in [0.15, 0.2) is 5.78 Å². The van der Waals surface area contributed by atoms with E-state index in [4.69, 9.17) is 4.74 Å². The molecule has 2 atom stereocenters. The van der Waals surface area contributed by atoms with Crippen LogP contribution in [0.2, 0.25) is 0 Å². The molecule has 3 rings (SSSR count). The van der Waals surface area contributed by atoms with Crippen LogP contribution in [-0.4, -0.2) is 42.5 Å². The number of morpholine rings is 1. The minimum absolute atomic E-state index is 0.0521. The molecule has 2 fully saturated rings. The summed E-state index contributed by atoms with van der Waals surface area (Å²) < 4.78 is 18.5. The molecule has 1 aromatic rings. The van der Waals surface area contributed by atoms with Crippen molar-refractivity contribution in [2.24, 2.45) is 0 Å². The van der Waals surface area contributed by atoms with Crippen LogP contribution in [0.3, 0.4) is 0 Å². The van der Waals surface area contributed by atoms with Gasteiger partial charge in [-0.2, -0.15) is 0 Å². The lowest BCUT2D eigenvalue weighted by molar-refractivity contribution is -0.0355. The van der Waals surface area contributed by atoms with Crippen molar-refractivity contribution >= 4 is 5.78 Å². The van der Waals surface area contributed by atoms with E-state index in [0.717, 1.165) is 25.9 Å². The number of hydrogen-bond donors (Lipinski definition) is 0.